The van der Waals surface area contributed by atoms with Crippen LogP contribution in [0.1, 0.15) is 41.5 Å². The summed E-state index contributed by atoms with van der Waals surface area (Å²) in [6.45, 7) is 13.2. The second-order valence-corrected chi connectivity index (χ2v) is 5.56. The fraction of sp³-hybridized carbons (Fsp3) is 0.909. The van der Waals surface area contributed by atoms with Gasteiger partial charge >= 0.3 is 0 Å². The van der Waals surface area contributed by atoms with Gasteiger partial charge in [0.05, 0.1) is 0 Å². The molecular weight excluding hydrogens is 173 g/mol. The van der Waals surface area contributed by atoms with Gasteiger partial charge in [-0.2, -0.15) is 0 Å². The minimum atomic E-state index is -0.274. The van der Waals surface area contributed by atoms with Crippen molar-refractivity contribution >= 4 is 13.8 Å². The van der Waals surface area contributed by atoms with E-state index in [2.05, 4.69) is 19.1 Å². The Kier molecular flexibility index (Phi) is 4.38. The van der Waals surface area contributed by atoms with Gasteiger partial charge in [0, 0.05) is 11.3 Å². The number of ketones is 1. The lowest BCUT2D eigenvalue weighted by atomic mass is 9.63. The van der Waals surface area contributed by atoms with Gasteiger partial charge < -0.3 is 5.23 Å². The molecule has 0 aliphatic carbocycles. The minimum absolute atomic E-state index is 0.0108. The molecule has 0 heterocycles. The van der Waals surface area contributed by atoms with Crippen LogP contribution in [0, 0.1) is 16.7 Å². The first-order chi connectivity index (χ1) is 6.16. The van der Waals surface area contributed by atoms with Gasteiger partial charge in [0.15, 0.2) is 7.98 Å². The second kappa shape index (κ2) is 4.48. The summed E-state index contributed by atoms with van der Waals surface area (Å²) in [5.41, 5.74) is -0.284. The van der Waals surface area contributed by atoms with E-state index in [1.165, 1.54) is 0 Å². The molecule has 0 aromatic carbocycles. The van der Waals surface area contributed by atoms with Crippen molar-refractivity contribution in [3.63, 3.8) is 0 Å². The lowest BCUT2D eigenvalue weighted by Gasteiger charge is -2.41. The second-order valence-electron chi connectivity index (χ2n) is 5.56. The van der Waals surface area contributed by atoms with Crippen LogP contribution in [0.4, 0.5) is 0 Å². The largest absolute Gasteiger partial charge is 0.361 e. The molecule has 3 heteroatoms. The molecule has 0 unspecified atom stereocenters. The van der Waals surface area contributed by atoms with Gasteiger partial charge in [0.1, 0.15) is 5.78 Å². The average molecular weight is 197 g/mol. The highest BCUT2D eigenvalue weighted by Crippen LogP contribution is 2.40. The molecule has 0 spiro atoms. The summed E-state index contributed by atoms with van der Waals surface area (Å²) in [5, 5.41) is 3.16. The topological polar surface area (TPSA) is 29.1 Å². The SMILES string of the molecule is BNCC(C)(C)C(C)(C)C(=O)C(C)C. The van der Waals surface area contributed by atoms with E-state index in [4.69, 9.17) is 0 Å². The van der Waals surface area contributed by atoms with Gasteiger partial charge in [-0.3, -0.25) is 4.79 Å². The molecule has 0 saturated heterocycles. The van der Waals surface area contributed by atoms with E-state index in [-0.39, 0.29) is 16.7 Å². The molecule has 2 nitrogen and oxygen atoms in total. The Bertz CT molecular complexity index is 209. The van der Waals surface area contributed by atoms with Crippen LogP contribution in [0.5, 0.6) is 0 Å². The third kappa shape index (κ3) is 2.60. The summed E-state index contributed by atoms with van der Waals surface area (Å²) in [5.74, 6) is 0.457. The van der Waals surface area contributed by atoms with Crippen LogP contribution < -0.4 is 5.23 Å². The first-order valence-electron chi connectivity index (χ1n) is 5.35. The Morgan fingerprint density at radius 1 is 1.29 bits per heavy atom. The van der Waals surface area contributed by atoms with Crippen molar-refractivity contribution in [3.05, 3.63) is 0 Å². The van der Waals surface area contributed by atoms with Crippen molar-refractivity contribution in [1.82, 2.24) is 5.23 Å². The van der Waals surface area contributed by atoms with E-state index in [1.54, 1.807) is 0 Å². The summed E-state index contributed by atoms with van der Waals surface area (Å²) in [6, 6.07) is 0. The number of hydrogen-bond donors (Lipinski definition) is 1. The molecule has 0 aromatic rings. The predicted molar refractivity (Wildman–Crippen MR) is 64.0 cm³/mol. The van der Waals surface area contributed by atoms with Crippen LogP contribution in [-0.2, 0) is 4.79 Å². The quantitative estimate of drug-likeness (QED) is 0.675. The van der Waals surface area contributed by atoms with Crippen molar-refractivity contribution in [2.24, 2.45) is 16.7 Å². The molecule has 0 aliphatic heterocycles. The van der Waals surface area contributed by atoms with Crippen molar-refractivity contribution in [3.8, 4) is 0 Å². The Morgan fingerprint density at radius 2 is 1.71 bits per heavy atom. The monoisotopic (exact) mass is 197 g/mol. The number of Topliss-reactive ketones (excluding diaryl/α,β-unsaturated/α-hetero) is 1. The predicted octanol–water partition coefficient (Wildman–Crippen LogP) is 1.40. The first-order valence-corrected chi connectivity index (χ1v) is 5.35. The van der Waals surface area contributed by atoms with Crippen LogP contribution in [-0.4, -0.2) is 20.3 Å². The van der Waals surface area contributed by atoms with E-state index >= 15 is 0 Å². The number of hydrogen-bond acceptors (Lipinski definition) is 2. The first kappa shape index (κ1) is 13.7. The fourth-order valence-corrected chi connectivity index (χ4v) is 1.72. The summed E-state index contributed by atoms with van der Waals surface area (Å²) in [7, 11) is 1.93. The van der Waals surface area contributed by atoms with Crippen LogP contribution in [0.3, 0.4) is 0 Å². The Labute approximate surface area is 89.3 Å². The van der Waals surface area contributed by atoms with Crippen molar-refractivity contribution < 1.29 is 4.79 Å². The maximum absolute atomic E-state index is 12.1. The van der Waals surface area contributed by atoms with Gasteiger partial charge in [0.2, 0.25) is 0 Å². The van der Waals surface area contributed by atoms with Gasteiger partial charge in [-0.05, 0) is 12.0 Å². The molecule has 0 aliphatic rings. The van der Waals surface area contributed by atoms with Crippen LogP contribution in [0.15, 0.2) is 0 Å². The average Bonchev–Trinajstić information content (AvgIpc) is 2.02. The molecule has 0 radical (unpaired) electrons. The van der Waals surface area contributed by atoms with Crippen molar-refractivity contribution in [2.45, 2.75) is 41.5 Å². The lowest BCUT2D eigenvalue weighted by molar-refractivity contribution is -0.136. The maximum atomic E-state index is 12.1. The Balaban J connectivity index is 4.84. The smallest absolute Gasteiger partial charge is 0.181 e. The maximum Gasteiger partial charge on any atom is 0.181 e. The summed E-state index contributed by atoms with van der Waals surface area (Å²) < 4.78 is 0. The molecule has 14 heavy (non-hydrogen) atoms. The molecule has 82 valence electrons. The van der Waals surface area contributed by atoms with Gasteiger partial charge in [-0.25, -0.2) is 0 Å². The number of rotatable bonds is 5. The molecular formula is C11H24BNO. The minimum Gasteiger partial charge on any atom is -0.361 e. The molecule has 0 fully saturated rings. The molecule has 0 atom stereocenters. The molecule has 1 N–H and O–H groups in total. The highest BCUT2D eigenvalue weighted by Gasteiger charge is 2.42. The van der Waals surface area contributed by atoms with Gasteiger partial charge in [-0.1, -0.05) is 41.5 Å². The third-order valence-electron chi connectivity index (χ3n) is 3.45. The number of nitrogens with one attached hydrogen (secondary N) is 1. The zero-order valence-electron chi connectivity index (χ0n) is 10.7. The number of carbonyl (C=O) groups is 1. The van der Waals surface area contributed by atoms with E-state index in [0.717, 1.165) is 6.54 Å². The van der Waals surface area contributed by atoms with Crippen molar-refractivity contribution in [2.75, 3.05) is 6.54 Å². The van der Waals surface area contributed by atoms with E-state index in [9.17, 15) is 4.79 Å². The number of carbonyl (C=O) groups excluding carboxylic acids is 1. The lowest BCUT2D eigenvalue weighted by Crippen LogP contribution is -2.46. The Hall–Kier alpha value is -0.305. The molecule has 0 bridgehead atoms. The molecule has 0 aromatic heterocycles. The van der Waals surface area contributed by atoms with E-state index in [0.29, 0.717) is 5.78 Å². The van der Waals surface area contributed by atoms with E-state index in [1.807, 2.05) is 35.7 Å². The molecule has 0 rings (SSSR count). The van der Waals surface area contributed by atoms with Gasteiger partial charge in [0.25, 0.3) is 0 Å². The highest BCUT2D eigenvalue weighted by molar-refractivity contribution is 6.04. The highest BCUT2D eigenvalue weighted by atomic mass is 16.1. The van der Waals surface area contributed by atoms with E-state index < -0.39 is 0 Å². The summed E-state index contributed by atoms with van der Waals surface area (Å²) in [6.07, 6.45) is 0. The van der Waals surface area contributed by atoms with Crippen molar-refractivity contribution in [1.29, 1.82) is 0 Å². The Morgan fingerprint density at radius 3 is 2.00 bits per heavy atom. The molecule has 0 saturated carbocycles. The van der Waals surface area contributed by atoms with Crippen LogP contribution in [0.2, 0.25) is 0 Å². The van der Waals surface area contributed by atoms with Crippen LogP contribution >= 0.6 is 0 Å². The summed E-state index contributed by atoms with van der Waals surface area (Å²) >= 11 is 0. The van der Waals surface area contributed by atoms with Crippen LogP contribution in [0.25, 0.3) is 0 Å². The zero-order valence-corrected chi connectivity index (χ0v) is 10.7. The standard InChI is InChI=1S/C11H24BNO/c1-8(2)9(14)11(5,6)10(3,4)7-13-12/h8,13H,7,12H2,1-6H3. The summed E-state index contributed by atoms with van der Waals surface area (Å²) in [4.78, 5) is 12.1. The third-order valence-corrected chi connectivity index (χ3v) is 3.45. The molecule has 0 amide bonds. The zero-order chi connectivity index (χ0) is 11.6. The van der Waals surface area contributed by atoms with Gasteiger partial charge in [-0.15, -0.1) is 0 Å². The normalized spacial score (nSPS) is 13.4. The fourth-order valence-electron chi connectivity index (χ4n) is 1.72.